The number of anilines is 1. The van der Waals surface area contributed by atoms with E-state index in [0.717, 1.165) is 4.47 Å². The van der Waals surface area contributed by atoms with Crippen LogP contribution in [0.15, 0.2) is 52.5 Å². The van der Waals surface area contributed by atoms with Gasteiger partial charge in [0.1, 0.15) is 17.1 Å². The van der Waals surface area contributed by atoms with Crippen LogP contribution >= 0.6 is 28.1 Å². The molecule has 8 heteroatoms. The first kappa shape index (κ1) is 20.0. The zero-order chi connectivity index (χ0) is 20.3. The zero-order valence-electron chi connectivity index (χ0n) is 15.2. The molecule has 6 nitrogen and oxygen atoms in total. The van der Waals surface area contributed by atoms with Crippen LogP contribution < -0.4 is 19.7 Å². The number of halogens is 1. The maximum atomic E-state index is 13.1. The van der Waals surface area contributed by atoms with Gasteiger partial charge in [-0.15, -0.1) is 0 Å². The van der Waals surface area contributed by atoms with Gasteiger partial charge in [0, 0.05) is 10.0 Å². The molecule has 2 aromatic rings. The predicted octanol–water partition coefficient (Wildman–Crippen LogP) is 3.69. The SMILES string of the molecule is CCOc1ccc(N2C(=O)C(=Cc3cc(Br)ccc3OC)C(=O)NC2=S)cc1. The second kappa shape index (κ2) is 8.53. The number of amides is 2. The summed E-state index contributed by atoms with van der Waals surface area (Å²) in [6.07, 6.45) is 1.49. The normalized spacial score (nSPS) is 15.6. The molecule has 1 N–H and O–H groups in total. The molecule has 1 aliphatic heterocycles. The van der Waals surface area contributed by atoms with Crippen molar-refractivity contribution >= 4 is 56.8 Å². The average Bonchev–Trinajstić information content (AvgIpc) is 2.67. The first-order valence-electron chi connectivity index (χ1n) is 8.42. The van der Waals surface area contributed by atoms with Crippen molar-refractivity contribution in [2.24, 2.45) is 0 Å². The lowest BCUT2D eigenvalue weighted by atomic mass is 10.1. The zero-order valence-corrected chi connectivity index (χ0v) is 17.6. The summed E-state index contributed by atoms with van der Waals surface area (Å²) in [5.74, 6) is 0.150. The number of ether oxygens (including phenoxy) is 2. The summed E-state index contributed by atoms with van der Waals surface area (Å²) in [4.78, 5) is 26.8. The molecule has 144 valence electrons. The molecule has 1 heterocycles. The number of carbonyl (C=O) groups is 2. The van der Waals surface area contributed by atoms with E-state index in [0.29, 0.717) is 29.4 Å². The topological polar surface area (TPSA) is 67.9 Å². The maximum Gasteiger partial charge on any atom is 0.270 e. The van der Waals surface area contributed by atoms with Gasteiger partial charge in [0.05, 0.1) is 19.4 Å². The van der Waals surface area contributed by atoms with Crippen molar-refractivity contribution in [3.8, 4) is 11.5 Å². The predicted molar refractivity (Wildman–Crippen MR) is 115 cm³/mol. The van der Waals surface area contributed by atoms with Crippen LogP contribution in [-0.2, 0) is 9.59 Å². The van der Waals surface area contributed by atoms with Crippen molar-refractivity contribution in [2.45, 2.75) is 6.92 Å². The van der Waals surface area contributed by atoms with Crippen LogP contribution in [0.4, 0.5) is 5.69 Å². The van der Waals surface area contributed by atoms with Gasteiger partial charge in [-0.2, -0.15) is 0 Å². The highest BCUT2D eigenvalue weighted by molar-refractivity contribution is 9.10. The summed E-state index contributed by atoms with van der Waals surface area (Å²) in [5.41, 5.74) is 1.08. The Labute approximate surface area is 176 Å². The number of nitrogens with one attached hydrogen (secondary N) is 1. The molecule has 0 spiro atoms. The van der Waals surface area contributed by atoms with Crippen molar-refractivity contribution < 1.29 is 19.1 Å². The van der Waals surface area contributed by atoms with E-state index in [1.807, 2.05) is 13.0 Å². The monoisotopic (exact) mass is 460 g/mol. The number of carbonyl (C=O) groups excluding carboxylic acids is 2. The first-order valence-corrected chi connectivity index (χ1v) is 9.62. The van der Waals surface area contributed by atoms with Crippen LogP contribution in [0.1, 0.15) is 12.5 Å². The highest BCUT2D eigenvalue weighted by Crippen LogP contribution is 2.28. The summed E-state index contributed by atoms with van der Waals surface area (Å²) >= 11 is 8.60. The van der Waals surface area contributed by atoms with Crippen LogP contribution in [-0.4, -0.2) is 30.6 Å². The van der Waals surface area contributed by atoms with Gasteiger partial charge in [-0.25, -0.2) is 0 Å². The van der Waals surface area contributed by atoms with Gasteiger partial charge in [0.2, 0.25) is 0 Å². The third kappa shape index (κ3) is 4.07. The second-order valence-corrected chi connectivity index (χ2v) is 7.07. The fourth-order valence-corrected chi connectivity index (χ4v) is 3.38. The summed E-state index contributed by atoms with van der Waals surface area (Å²) in [6.45, 7) is 2.43. The Morgan fingerprint density at radius 2 is 1.89 bits per heavy atom. The summed E-state index contributed by atoms with van der Waals surface area (Å²) < 4.78 is 11.5. The molecule has 1 aliphatic rings. The van der Waals surface area contributed by atoms with Crippen molar-refractivity contribution in [3.05, 3.63) is 58.1 Å². The van der Waals surface area contributed by atoms with Gasteiger partial charge in [-0.3, -0.25) is 19.8 Å². The van der Waals surface area contributed by atoms with Gasteiger partial charge >= 0.3 is 0 Å². The standard InChI is InChI=1S/C20H17BrN2O4S/c1-3-27-15-7-5-14(6-8-15)23-19(25)16(18(24)22-20(23)28)11-12-10-13(21)4-9-17(12)26-2/h4-11H,3H2,1-2H3,(H,22,24,28). The Bertz CT molecular complexity index is 973. The molecule has 0 aromatic heterocycles. The first-order chi connectivity index (χ1) is 13.4. The van der Waals surface area contributed by atoms with Crippen LogP contribution in [0.2, 0.25) is 0 Å². The van der Waals surface area contributed by atoms with Crippen molar-refractivity contribution in [3.63, 3.8) is 0 Å². The van der Waals surface area contributed by atoms with Crippen LogP contribution in [0, 0.1) is 0 Å². The van der Waals surface area contributed by atoms with Crippen molar-refractivity contribution in [1.82, 2.24) is 5.32 Å². The highest BCUT2D eigenvalue weighted by atomic mass is 79.9. The second-order valence-electron chi connectivity index (χ2n) is 5.77. The molecule has 1 fully saturated rings. The maximum absolute atomic E-state index is 13.1. The smallest absolute Gasteiger partial charge is 0.270 e. The van der Waals surface area contributed by atoms with Gasteiger partial charge in [-0.05, 0) is 67.7 Å². The summed E-state index contributed by atoms with van der Waals surface area (Å²) in [7, 11) is 1.52. The average molecular weight is 461 g/mol. The Hall–Kier alpha value is -2.71. The van der Waals surface area contributed by atoms with Crippen molar-refractivity contribution in [2.75, 3.05) is 18.6 Å². The quantitative estimate of drug-likeness (QED) is 0.418. The number of methoxy groups -OCH3 is 1. The van der Waals surface area contributed by atoms with E-state index in [-0.39, 0.29) is 10.7 Å². The summed E-state index contributed by atoms with van der Waals surface area (Å²) in [5, 5.41) is 2.59. The van der Waals surface area contributed by atoms with E-state index < -0.39 is 11.8 Å². The number of rotatable bonds is 5. The number of nitrogens with zero attached hydrogens (tertiary/aromatic N) is 1. The molecule has 0 aliphatic carbocycles. The molecule has 3 rings (SSSR count). The molecular weight excluding hydrogens is 444 g/mol. The van der Waals surface area contributed by atoms with E-state index in [9.17, 15) is 9.59 Å². The third-order valence-corrected chi connectivity index (χ3v) is 4.78. The molecular formula is C20H17BrN2O4S. The molecule has 28 heavy (non-hydrogen) atoms. The van der Waals surface area contributed by atoms with Gasteiger partial charge in [0.15, 0.2) is 5.11 Å². The lowest BCUT2D eigenvalue weighted by Crippen LogP contribution is -2.54. The minimum atomic E-state index is -0.556. The molecule has 0 atom stereocenters. The van der Waals surface area contributed by atoms with E-state index in [2.05, 4.69) is 21.2 Å². The Kier molecular flexibility index (Phi) is 6.11. The third-order valence-electron chi connectivity index (χ3n) is 4.00. The van der Waals surface area contributed by atoms with E-state index in [1.165, 1.54) is 18.1 Å². The van der Waals surface area contributed by atoms with Crippen LogP contribution in [0.5, 0.6) is 11.5 Å². The molecule has 2 aromatic carbocycles. The van der Waals surface area contributed by atoms with E-state index in [1.54, 1.807) is 36.4 Å². The minimum absolute atomic E-state index is 0.0255. The fraction of sp³-hybridized carbons (Fsp3) is 0.150. The van der Waals surface area contributed by atoms with Crippen molar-refractivity contribution in [1.29, 1.82) is 0 Å². The Balaban J connectivity index is 1.99. The van der Waals surface area contributed by atoms with Crippen LogP contribution in [0.25, 0.3) is 6.08 Å². The Morgan fingerprint density at radius 1 is 1.18 bits per heavy atom. The molecule has 0 radical (unpaired) electrons. The largest absolute Gasteiger partial charge is 0.496 e. The van der Waals surface area contributed by atoms with E-state index >= 15 is 0 Å². The molecule has 0 bridgehead atoms. The molecule has 2 amide bonds. The molecule has 0 saturated carbocycles. The fourth-order valence-electron chi connectivity index (χ4n) is 2.72. The lowest BCUT2D eigenvalue weighted by Gasteiger charge is -2.29. The van der Waals surface area contributed by atoms with Gasteiger partial charge < -0.3 is 9.47 Å². The minimum Gasteiger partial charge on any atom is -0.496 e. The molecule has 1 saturated heterocycles. The summed E-state index contributed by atoms with van der Waals surface area (Å²) in [6, 6.07) is 12.2. The Morgan fingerprint density at radius 3 is 2.54 bits per heavy atom. The number of hydrogen-bond acceptors (Lipinski definition) is 5. The van der Waals surface area contributed by atoms with E-state index in [4.69, 9.17) is 21.7 Å². The number of hydrogen-bond donors (Lipinski definition) is 1. The van der Waals surface area contributed by atoms with Gasteiger partial charge in [0.25, 0.3) is 11.8 Å². The number of thiocarbonyl (C=S) groups is 1. The highest BCUT2D eigenvalue weighted by Gasteiger charge is 2.34. The molecule has 0 unspecified atom stereocenters. The van der Waals surface area contributed by atoms with Crippen LogP contribution in [0.3, 0.4) is 0 Å². The number of benzene rings is 2. The lowest BCUT2D eigenvalue weighted by molar-refractivity contribution is -0.122. The van der Waals surface area contributed by atoms with Gasteiger partial charge in [-0.1, -0.05) is 15.9 Å².